The number of nitrogens with two attached hydrogens (primary N) is 1. The van der Waals surface area contributed by atoms with Crippen molar-refractivity contribution in [1.82, 2.24) is 14.8 Å². The Morgan fingerprint density at radius 3 is 2.78 bits per heavy atom. The largest absolute Gasteiger partial charge is 0.325 e. The molecule has 0 amide bonds. The third kappa shape index (κ3) is 3.17. The fourth-order valence-corrected chi connectivity index (χ4v) is 1.79. The van der Waals surface area contributed by atoms with E-state index in [1.54, 1.807) is 6.20 Å². The summed E-state index contributed by atoms with van der Waals surface area (Å²) in [6, 6.07) is 6.03. The molecule has 4 heteroatoms. The lowest BCUT2D eigenvalue weighted by Crippen LogP contribution is -2.33. The number of hydrogen-bond acceptors (Lipinski definition) is 3. The van der Waals surface area contributed by atoms with Crippen LogP contribution in [0.4, 0.5) is 0 Å². The molecular formula is C14H20N4. The topological polar surface area (TPSA) is 56.7 Å². The van der Waals surface area contributed by atoms with Crippen LogP contribution in [0.5, 0.6) is 0 Å². The van der Waals surface area contributed by atoms with Crippen molar-refractivity contribution in [2.75, 3.05) is 0 Å². The van der Waals surface area contributed by atoms with Crippen molar-refractivity contribution in [2.45, 2.75) is 39.3 Å². The molecule has 4 nitrogen and oxygen atoms in total. The molecule has 2 heterocycles. The quantitative estimate of drug-likeness (QED) is 0.898. The van der Waals surface area contributed by atoms with Gasteiger partial charge in [-0.05, 0) is 45.4 Å². The van der Waals surface area contributed by atoms with E-state index in [0.29, 0.717) is 0 Å². The Morgan fingerprint density at radius 2 is 2.17 bits per heavy atom. The maximum Gasteiger partial charge on any atom is 0.0941 e. The van der Waals surface area contributed by atoms with Crippen molar-refractivity contribution in [2.24, 2.45) is 5.73 Å². The molecule has 2 aromatic rings. The van der Waals surface area contributed by atoms with Gasteiger partial charge in [0.2, 0.25) is 0 Å². The highest BCUT2D eigenvalue weighted by atomic mass is 15.3. The van der Waals surface area contributed by atoms with Gasteiger partial charge in [-0.1, -0.05) is 0 Å². The van der Waals surface area contributed by atoms with Crippen molar-refractivity contribution in [3.05, 3.63) is 36.3 Å². The van der Waals surface area contributed by atoms with Gasteiger partial charge in [0.25, 0.3) is 0 Å². The standard InChI is InChI=1S/C14H20N4/c1-11-9-13(12-5-4-7-16-10-12)17-18(11)8-6-14(2,3)15/h4-5,7,9-10H,6,8,15H2,1-3H3. The number of nitrogens with zero attached hydrogens (tertiary/aromatic N) is 3. The first-order valence-electron chi connectivity index (χ1n) is 6.19. The van der Waals surface area contributed by atoms with Crippen LogP contribution in [0.2, 0.25) is 0 Å². The van der Waals surface area contributed by atoms with Crippen molar-refractivity contribution < 1.29 is 0 Å². The summed E-state index contributed by atoms with van der Waals surface area (Å²) in [5.74, 6) is 0. The van der Waals surface area contributed by atoms with Crippen LogP contribution in [0.3, 0.4) is 0 Å². The molecule has 2 N–H and O–H groups in total. The first-order valence-corrected chi connectivity index (χ1v) is 6.19. The molecule has 0 bridgehead atoms. The number of aromatic nitrogens is 3. The van der Waals surface area contributed by atoms with Gasteiger partial charge in [0.15, 0.2) is 0 Å². The lowest BCUT2D eigenvalue weighted by Gasteiger charge is -2.18. The lowest BCUT2D eigenvalue weighted by molar-refractivity contribution is 0.417. The Bertz CT molecular complexity index is 508. The molecule has 2 aromatic heterocycles. The van der Waals surface area contributed by atoms with E-state index in [4.69, 9.17) is 5.73 Å². The highest BCUT2D eigenvalue weighted by molar-refractivity contribution is 5.57. The fraction of sp³-hybridized carbons (Fsp3) is 0.429. The molecule has 0 spiro atoms. The van der Waals surface area contributed by atoms with E-state index < -0.39 is 0 Å². The second kappa shape index (κ2) is 4.90. The zero-order chi connectivity index (χ0) is 13.2. The summed E-state index contributed by atoms with van der Waals surface area (Å²) >= 11 is 0. The molecular weight excluding hydrogens is 224 g/mol. The highest BCUT2D eigenvalue weighted by Gasteiger charge is 2.12. The number of pyridine rings is 1. The maximum atomic E-state index is 6.00. The average Bonchev–Trinajstić information content (AvgIpc) is 2.68. The molecule has 0 aliphatic rings. The molecule has 18 heavy (non-hydrogen) atoms. The summed E-state index contributed by atoms with van der Waals surface area (Å²) in [6.07, 6.45) is 4.51. The van der Waals surface area contributed by atoms with Gasteiger partial charge in [0.05, 0.1) is 5.69 Å². The fourth-order valence-electron chi connectivity index (χ4n) is 1.79. The molecule has 96 valence electrons. The Hall–Kier alpha value is -1.68. The van der Waals surface area contributed by atoms with E-state index >= 15 is 0 Å². The van der Waals surface area contributed by atoms with Crippen LogP contribution in [-0.4, -0.2) is 20.3 Å². The normalized spacial score (nSPS) is 11.8. The molecule has 0 aliphatic carbocycles. The molecule has 0 saturated heterocycles. The third-order valence-corrected chi connectivity index (χ3v) is 2.91. The van der Waals surface area contributed by atoms with Crippen LogP contribution in [0.1, 0.15) is 26.0 Å². The summed E-state index contributed by atoms with van der Waals surface area (Å²) < 4.78 is 2.01. The molecule has 2 rings (SSSR count). The molecule has 0 saturated carbocycles. The second-order valence-electron chi connectivity index (χ2n) is 5.37. The molecule has 0 radical (unpaired) electrons. The first-order chi connectivity index (χ1) is 8.46. The van der Waals surface area contributed by atoms with Gasteiger partial charge >= 0.3 is 0 Å². The van der Waals surface area contributed by atoms with Crippen molar-refractivity contribution in [3.63, 3.8) is 0 Å². The Kier molecular flexibility index (Phi) is 3.48. The number of rotatable bonds is 4. The Balaban J connectivity index is 2.17. The molecule has 0 aromatic carbocycles. The van der Waals surface area contributed by atoms with Gasteiger partial charge in [-0.25, -0.2) is 0 Å². The van der Waals surface area contributed by atoms with Crippen LogP contribution in [0, 0.1) is 6.92 Å². The molecule has 0 unspecified atom stereocenters. The minimum Gasteiger partial charge on any atom is -0.325 e. The second-order valence-corrected chi connectivity index (χ2v) is 5.37. The van der Waals surface area contributed by atoms with Crippen molar-refractivity contribution in [3.8, 4) is 11.3 Å². The minimum atomic E-state index is -0.160. The smallest absolute Gasteiger partial charge is 0.0941 e. The van der Waals surface area contributed by atoms with Crippen LogP contribution in [0.15, 0.2) is 30.6 Å². The Labute approximate surface area is 108 Å². The van der Waals surface area contributed by atoms with E-state index in [-0.39, 0.29) is 5.54 Å². The van der Waals surface area contributed by atoms with Gasteiger partial charge in [-0.15, -0.1) is 0 Å². The zero-order valence-electron chi connectivity index (χ0n) is 11.2. The van der Waals surface area contributed by atoms with E-state index in [9.17, 15) is 0 Å². The zero-order valence-corrected chi connectivity index (χ0v) is 11.2. The summed E-state index contributed by atoms with van der Waals surface area (Å²) in [5, 5.41) is 4.60. The van der Waals surface area contributed by atoms with Gasteiger partial charge in [-0.2, -0.15) is 5.10 Å². The summed E-state index contributed by atoms with van der Waals surface area (Å²) in [6.45, 7) is 6.98. The van der Waals surface area contributed by atoms with E-state index in [0.717, 1.165) is 29.9 Å². The molecule has 0 atom stereocenters. The molecule has 0 fully saturated rings. The lowest BCUT2D eigenvalue weighted by atomic mass is 10.0. The van der Waals surface area contributed by atoms with Gasteiger partial charge in [0.1, 0.15) is 0 Å². The first kappa shape index (κ1) is 12.8. The Morgan fingerprint density at radius 1 is 1.39 bits per heavy atom. The highest BCUT2D eigenvalue weighted by Crippen LogP contribution is 2.18. The third-order valence-electron chi connectivity index (χ3n) is 2.91. The van der Waals surface area contributed by atoms with Crippen molar-refractivity contribution >= 4 is 0 Å². The van der Waals surface area contributed by atoms with Gasteiger partial charge < -0.3 is 5.73 Å². The van der Waals surface area contributed by atoms with E-state index in [1.807, 2.05) is 36.9 Å². The summed E-state index contributed by atoms with van der Waals surface area (Å²) in [7, 11) is 0. The SMILES string of the molecule is Cc1cc(-c2cccnc2)nn1CCC(C)(C)N. The predicted octanol–water partition coefficient (Wildman–Crippen LogP) is 2.38. The number of aryl methyl sites for hydroxylation is 2. The monoisotopic (exact) mass is 244 g/mol. The van der Waals surface area contributed by atoms with E-state index in [1.165, 1.54) is 0 Å². The summed E-state index contributed by atoms with van der Waals surface area (Å²) in [4.78, 5) is 4.12. The minimum absolute atomic E-state index is 0.160. The summed E-state index contributed by atoms with van der Waals surface area (Å²) in [5.41, 5.74) is 9.01. The van der Waals surface area contributed by atoms with Crippen LogP contribution in [-0.2, 0) is 6.54 Å². The predicted molar refractivity (Wildman–Crippen MR) is 73.1 cm³/mol. The van der Waals surface area contributed by atoms with Gasteiger partial charge in [0, 0.05) is 35.7 Å². The van der Waals surface area contributed by atoms with Crippen LogP contribution >= 0.6 is 0 Å². The maximum absolute atomic E-state index is 6.00. The van der Waals surface area contributed by atoms with E-state index in [2.05, 4.69) is 23.1 Å². The average molecular weight is 244 g/mol. The van der Waals surface area contributed by atoms with Crippen LogP contribution in [0.25, 0.3) is 11.3 Å². The van der Waals surface area contributed by atoms with Crippen LogP contribution < -0.4 is 5.73 Å². The number of hydrogen-bond donors (Lipinski definition) is 1. The van der Waals surface area contributed by atoms with Gasteiger partial charge in [-0.3, -0.25) is 9.67 Å². The molecule has 0 aliphatic heterocycles. The van der Waals surface area contributed by atoms with Crippen molar-refractivity contribution in [1.29, 1.82) is 0 Å².